The number of hydrogen-bond donors (Lipinski definition) is 1. The van der Waals surface area contributed by atoms with E-state index < -0.39 is 17.7 Å². The maximum Gasteiger partial charge on any atom is 0.128 e. The molecule has 2 aromatic rings. The van der Waals surface area contributed by atoms with Crippen LogP contribution in [0, 0.1) is 11.6 Å². The van der Waals surface area contributed by atoms with Crippen molar-refractivity contribution >= 4 is 11.3 Å². The Morgan fingerprint density at radius 1 is 1.26 bits per heavy atom. The summed E-state index contributed by atoms with van der Waals surface area (Å²) in [6.45, 7) is 6.13. The van der Waals surface area contributed by atoms with Crippen molar-refractivity contribution in [1.29, 1.82) is 0 Å². The smallest absolute Gasteiger partial charge is 0.128 e. The van der Waals surface area contributed by atoms with E-state index in [2.05, 4.69) is 4.98 Å². The summed E-state index contributed by atoms with van der Waals surface area (Å²) in [4.78, 5) is 4.43. The lowest BCUT2D eigenvalue weighted by Gasteiger charge is -2.15. The third kappa shape index (κ3) is 2.98. The number of benzene rings is 1. The highest BCUT2D eigenvalue weighted by Gasteiger charge is 2.22. The molecule has 5 heteroatoms. The van der Waals surface area contributed by atoms with Crippen LogP contribution in [0.4, 0.5) is 8.78 Å². The Balaban J connectivity index is 2.36. The van der Waals surface area contributed by atoms with Crippen molar-refractivity contribution in [2.24, 2.45) is 5.73 Å². The van der Waals surface area contributed by atoms with E-state index in [9.17, 15) is 8.78 Å². The summed E-state index contributed by atoms with van der Waals surface area (Å²) >= 11 is 1.37. The molecule has 0 saturated heterocycles. The second-order valence-corrected chi connectivity index (χ2v) is 6.35. The Labute approximate surface area is 115 Å². The van der Waals surface area contributed by atoms with E-state index in [4.69, 9.17) is 5.73 Å². The van der Waals surface area contributed by atoms with Crippen LogP contribution in [-0.4, -0.2) is 4.98 Å². The van der Waals surface area contributed by atoms with Gasteiger partial charge in [-0.15, -0.1) is 11.3 Å². The first-order valence-electron chi connectivity index (χ1n) is 5.95. The lowest BCUT2D eigenvalue weighted by Crippen LogP contribution is -2.16. The second-order valence-electron chi connectivity index (χ2n) is 5.46. The van der Waals surface area contributed by atoms with Gasteiger partial charge in [0, 0.05) is 16.4 Å². The van der Waals surface area contributed by atoms with E-state index >= 15 is 0 Å². The molecule has 0 fully saturated rings. The molecule has 19 heavy (non-hydrogen) atoms. The topological polar surface area (TPSA) is 38.9 Å². The summed E-state index contributed by atoms with van der Waals surface area (Å²) in [6.07, 6.45) is 0. The molecule has 1 aromatic heterocycles. The third-order valence-electron chi connectivity index (χ3n) is 2.85. The Bertz CT molecular complexity index is 587. The first kappa shape index (κ1) is 14.1. The Morgan fingerprint density at radius 3 is 2.53 bits per heavy atom. The predicted octanol–water partition coefficient (Wildman–Crippen LogP) is 3.77. The first-order chi connectivity index (χ1) is 8.79. The largest absolute Gasteiger partial charge is 0.318 e. The molecule has 1 heterocycles. The van der Waals surface area contributed by atoms with Gasteiger partial charge in [-0.05, 0) is 18.2 Å². The fourth-order valence-electron chi connectivity index (χ4n) is 1.66. The second kappa shape index (κ2) is 4.98. The normalized spacial score (nSPS) is 13.6. The van der Waals surface area contributed by atoms with Gasteiger partial charge in [-0.1, -0.05) is 20.8 Å². The van der Waals surface area contributed by atoms with Gasteiger partial charge in [0.05, 0.1) is 11.7 Å². The summed E-state index contributed by atoms with van der Waals surface area (Å²) in [5.74, 6) is -1.01. The van der Waals surface area contributed by atoms with Gasteiger partial charge in [-0.2, -0.15) is 0 Å². The maximum atomic E-state index is 13.7. The van der Waals surface area contributed by atoms with Gasteiger partial charge in [0.15, 0.2) is 0 Å². The highest BCUT2D eigenvalue weighted by Crippen LogP contribution is 2.29. The summed E-state index contributed by atoms with van der Waals surface area (Å²) in [6, 6.07) is 2.55. The number of nitrogens with zero attached hydrogens (tertiary/aromatic N) is 1. The van der Waals surface area contributed by atoms with Gasteiger partial charge in [-0.3, -0.25) is 0 Å². The Morgan fingerprint density at radius 2 is 1.95 bits per heavy atom. The molecule has 102 valence electrons. The minimum Gasteiger partial charge on any atom is -0.318 e. The SMILES string of the molecule is CC(C)(C)c1csc(C(N)c2cc(F)ccc2F)n1. The van der Waals surface area contributed by atoms with Gasteiger partial charge >= 0.3 is 0 Å². The van der Waals surface area contributed by atoms with Crippen LogP contribution in [-0.2, 0) is 5.41 Å². The number of aromatic nitrogens is 1. The monoisotopic (exact) mass is 282 g/mol. The molecule has 0 saturated carbocycles. The van der Waals surface area contributed by atoms with Crippen molar-refractivity contribution in [2.45, 2.75) is 32.2 Å². The molecule has 1 aromatic carbocycles. The van der Waals surface area contributed by atoms with Crippen LogP contribution in [0.1, 0.15) is 43.1 Å². The highest BCUT2D eigenvalue weighted by atomic mass is 32.1. The molecule has 0 radical (unpaired) electrons. The van der Waals surface area contributed by atoms with Crippen molar-refractivity contribution < 1.29 is 8.78 Å². The molecule has 2 nitrogen and oxygen atoms in total. The molecule has 0 amide bonds. The first-order valence-corrected chi connectivity index (χ1v) is 6.83. The summed E-state index contributed by atoms with van der Waals surface area (Å²) in [7, 11) is 0. The van der Waals surface area contributed by atoms with Crippen molar-refractivity contribution in [3.8, 4) is 0 Å². The average molecular weight is 282 g/mol. The standard InChI is InChI=1S/C14H16F2N2S/c1-14(2,3)11-7-19-13(18-11)12(17)9-6-8(15)4-5-10(9)16/h4-7,12H,17H2,1-3H3. The summed E-state index contributed by atoms with van der Waals surface area (Å²) < 4.78 is 26.9. The van der Waals surface area contributed by atoms with Crippen LogP contribution in [0.2, 0.25) is 0 Å². The molecule has 0 spiro atoms. The van der Waals surface area contributed by atoms with Gasteiger partial charge in [-0.25, -0.2) is 13.8 Å². The highest BCUT2D eigenvalue weighted by molar-refractivity contribution is 7.09. The summed E-state index contributed by atoms with van der Waals surface area (Å²) in [5.41, 5.74) is 6.93. The van der Waals surface area contributed by atoms with E-state index in [-0.39, 0.29) is 11.0 Å². The minimum atomic E-state index is -0.739. The Kier molecular flexibility index (Phi) is 3.69. The summed E-state index contributed by atoms with van der Waals surface area (Å²) in [5, 5.41) is 2.50. The van der Waals surface area contributed by atoms with Crippen LogP contribution in [0.25, 0.3) is 0 Å². The van der Waals surface area contributed by atoms with E-state index in [0.29, 0.717) is 5.01 Å². The molecule has 2 rings (SSSR count). The average Bonchev–Trinajstić information content (AvgIpc) is 2.80. The number of nitrogens with two attached hydrogens (primary N) is 1. The van der Waals surface area contributed by atoms with Crippen molar-refractivity contribution in [1.82, 2.24) is 4.98 Å². The molecular formula is C14H16F2N2S. The molecular weight excluding hydrogens is 266 g/mol. The molecule has 1 atom stereocenters. The van der Waals surface area contributed by atoms with Crippen LogP contribution in [0.5, 0.6) is 0 Å². The van der Waals surface area contributed by atoms with Crippen LogP contribution >= 0.6 is 11.3 Å². The molecule has 0 aliphatic carbocycles. The van der Waals surface area contributed by atoms with Crippen molar-refractivity contribution in [2.75, 3.05) is 0 Å². The zero-order valence-electron chi connectivity index (χ0n) is 11.1. The fraction of sp³-hybridized carbons (Fsp3) is 0.357. The van der Waals surface area contributed by atoms with Gasteiger partial charge in [0.1, 0.15) is 16.6 Å². The van der Waals surface area contributed by atoms with Crippen LogP contribution < -0.4 is 5.73 Å². The maximum absolute atomic E-state index is 13.7. The Hall–Kier alpha value is -1.33. The van der Waals surface area contributed by atoms with E-state index in [1.165, 1.54) is 11.3 Å². The fourth-order valence-corrected chi connectivity index (χ4v) is 2.72. The molecule has 2 N–H and O–H groups in total. The van der Waals surface area contributed by atoms with Gasteiger partial charge in [0.2, 0.25) is 0 Å². The lowest BCUT2D eigenvalue weighted by molar-refractivity contribution is 0.563. The molecule has 0 aliphatic heterocycles. The van der Waals surface area contributed by atoms with E-state index in [0.717, 1.165) is 23.9 Å². The van der Waals surface area contributed by atoms with Crippen molar-refractivity contribution in [3.63, 3.8) is 0 Å². The van der Waals surface area contributed by atoms with Crippen molar-refractivity contribution in [3.05, 3.63) is 51.5 Å². The van der Waals surface area contributed by atoms with Gasteiger partial charge < -0.3 is 5.73 Å². The van der Waals surface area contributed by atoms with E-state index in [1.54, 1.807) is 0 Å². The van der Waals surface area contributed by atoms with Crippen LogP contribution in [0.3, 0.4) is 0 Å². The number of thiazole rings is 1. The zero-order chi connectivity index (χ0) is 14.2. The molecule has 1 unspecified atom stereocenters. The predicted molar refractivity (Wildman–Crippen MR) is 73.2 cm³/mol. The van der Waals surface area contributed by atoms with Gasteiger partial charge in [0.25, 0.3) is 0 Å². The van der Waals surface area contributed by atoms with Crippen LogP contribution in [0.15, 0.2) is 23.6 Å². The quantitative estimate of drug-likeness (QED) is 0.910. The number of halogens is 2. The number of hydrogen-bond acceptors (Lipinski definition) is 3. The third-order valence-corrected chi connectivity index (χ3v) is 3.78. The zero-order valence-corrected chi connectivity index (χ0v) is 11.9. The lowest BCUT2D eigenvalue weighted by atomic mass is 9.93. The number of rotatable bonds is 2. The minimum absolute atomic E-state index is 0.0883. The molecule has 0 bridgehead atoms. The molecule has 0 aliphatic rings. The van der Waals surface area contributed by atoms with E-state index in [1.807, 2.05) is 26.2 Å².